The summed E-state index contributed by atoms with van der Waals surface area (Å²) in [7, 11) is -3.28. The normalized spacial score (nSPS) is 17.5. The van der Waals surface area contributed by atoms with Gasteiger partial charge in [0.05, 0.1) is 9.64 Å². The van der Waals surface area contributed by atoms with Crippen molar-refractivity contribution in [1.29, 1.82) is 0 Å². The number of aryl methyl sites for hydroxylation is 1. The zero-order chi connectivity index (χ0) is 15.3. The van der Waals surface area contributed by atoms with E-state index < -0.39 is 14.6 Å². The summed E-state index contributed by atoms with van der Waals surface area (Å²) in [5.74, 6) is 0. The van der Waals surface area contributed by atoms with E-state index in [1.165, 1.54) is 0 Å². The summed E-state index contributed by atoms with van der Waals surface area (Å²) in [5, 5.41) is 0. The van der Waals surface area contributed by atoms with E-state index in [1.54, 1.807) is 12.1 Å². The third-order valence-corrected chi connectivity index (χ3v) is 7.21. The molecule has 0 saturated heterocycles. The molecule has 0 spiro atoms. The van der Waals surface area contributed by atoms with Gasteiger partial charge in [-0.1, -0.05) is 30.5 Å². The third kappa shape index (κ3) is 3.29. The Kier molecular flexibility index (Phi) is 5.05. The second-order valence-corrected chi connectivity index (χ2v) is 8.39. The van der Waals surface area contributed by atoms with Gasteiger partial charge in [0.25, 0.3) is 0 Å². The summed E-state index contributed by atoms with van der Waals surface area (Å²) in [6, 6.07) is 7.22. The van der Waals surface area contributed by atoms with E-state index in [4.69, 9.17) is 6.57 Å². The Morgan fingerprint density at radius 1 is 1.14 bits per heavy atom. The lowest BCUT2D eigenvalue weighted by atomic mass is 9.99. The van der Waals surface area contributed by atoms with Crippen LogP contribution in [0.3, 0.4) is 0 Å². The smallest absolute Gasteiger partial charge is 0.214 e. The van der Waals surface area contributed by atoms with Crippen LogP contribution in [0.25, 0.3) is 4.85 Å². The van der Waals surface area contributed by atoms with Gasteiger partial charge >= 0.3 is 0 Å². The van der Waals surface area contributed by atoms with Crippen molar-refractivity contribution in [3.05, 3.63) is 41.2 Å². The Morgan fingerprint density at radius 3 is 2.33 bits per heavy atom. The predicted molar refractivity (Wildman–Crippen MR) is 84.9 cm³/mol. The molecular weight excluding hydrogens is 282 g/mol. The molecule has 1 fully saturated rings. The molecule has 4 heteroatoms. The summed E-state index contributed by atoms with van der Waals surface area (Å²) in [5.41, 5.74) is 1.08. The van der Waals surface area contributed by atoms with Crippen LogP contribution >= 0.6 is 0 Å². The van der Waals surface area contributed by atoms with Crippen LogP contribution in [0.2, 0.25) is 0 Å². The Hall–Kier alpha value is -1.34. The van der Waals surface area contributed by atoms with Crippen molar-refractivity contribution in [2.24, 2.45) is 0 Å². The quantitative estimate of drug-likeness (QED) is 0.584. The van der Waals surface area contributed by atoms with Crippen LogP contribution in [0.1, 0.15) is 50.5 Å². The molecule has 3 nitrogen and oxygen atoms in total. The van der Waals surface area contributed by atoms with Gasteiger partial charge in [-0.15, -0.1) is 0 Å². The number of hydrogen-bond donors (Lipinski definition) is 0. The zero-order valence-corrected chi connectivity index (χ0v) is 13.5. The first-order valence-electron chi connectivity index (χ1n) is 7.66. The van der Waals surface area contributed by atoms with Crippen molar-refractivity contribution in [2.75, 3.05) is 6.54 Å². The minimum absolute atomic E-state index is 0.458. The average Bonchev–Trinajstić information content (AvgIpc) is 2.95. The molecule has 1 aromatic carbocycles. The van der Waals surface area contributed by atoms with Crippen molar-refractivity contribution >= 4 is 9.84 Å². The number of benzene rings is 1. The Balaban J connectivity index is 2.24. The number of nitrogens with zero attached hydrogens (tertiary/aromatic N) is 1. The van der Waals surface area contributed by atoms with Gasteiger partial charge in [0.1, 0.15) is 0 Å². The van der Waals surface area contributed by atoms with Crippen molar-refractivity contribution in [3.8, 4) is 0 Å². The van der Waals surface area contributed by atoms with Gasteiger partial charge < -0.3 is 4.85 Å². The largest absolute Gasteiger partial charge is 0.317 e. The average molecular weight is 305 g/mol. The highest BCUT2D eigenvalue weighted by Crippen LogP contribution is 2.44. The molecule has 21 heavy (non-hydrogen) atoms. The number of unbranched alkanes of at least 4 members (excludes halogenated alkanes) is 1. The molecule has 0 heterocycles. The van der Waals surface area contributed by atoms with Crippen molar-refractivity contribution in [2.45, 2.75) is 61.5 Å². The van der Waals surface area contributed by atoms with Gasteiger partial charge in [-0.25, -0.2) is 15.0 Å². The predicted octanol–water partition coefficient (Wildman–Crippen LogP) is 4.17. The van der Waals surface area contributed by atoms with Gasteiger partial charge in [0.2, 0.25) is 6.54 Å². The lowest BCUT2D eigenvalue weighted by Crippen LogP contribution is -2.35. The molecule has 0 aliphatic heterocycles. The van der Waals surface area contributed by atoms with Crippen LogP contribution in [0.15, 0.2) is 29.2 Å². The summed E-state index contributed by atoms with van der Waals surface area (Å²) in [6.45, 7) is 9.29. The lowest BCUT2D eigenvalue weighted by molar-refractivity contribution is 0.469. The molecule has 1 aliphatic rings. The Morgan fingerprint density at radius 2 is 1.76 bits per heavy atom. The van der Waals surface area contributed by atoms with E-state index in [1.807, 2.05) is 19.1 Å². The molecule has 114 valence electrons. The van der Waals surface area contributed by atoms with Crippen molar-refractivity contribution in [1.82, 2.24) is 0 Å². The fraction of sp³-hybridized carbons (Fsp3) is 0.588. The highest BCUT2D eigenvalue weighted by Gasteiger charge is 2.45. The third-order valence-electron chi connectivity index (χ3n) is 4.57. The van der Waals surface area contributed by atoms with Gasteiger partial charge in [-0.05, 0) is 44.7 Å². The Bertz CT molecular complexity index is 605. The summed E-state index contributed by atoms with van der Waals surface area (Å²) >= 11 is 0. The fourth-order valence-electron chi connectivity index (χ4n) is 3.28. The standard InChI is InChI=1S/C17H23NO2S/c1-15-7-9-16(10-8-15)21(19,20)17(11-3-4-12-17)13-5-6-14-18-2/h7-10H,3-6,11-14H2,1H3. The summed E-state index contributed by atoms with van der Waals surface area (Å²) in [4.78, 5) is 3.81. The zero-order valence-electron chi connectivity index (χ0n) is 12.6. The SMILES string of the molecule is [C-]#[N+]CCCCC1(S(=O)(=O)c2ccc(C)cc2)CCCC1. The van der Waals surface area contributed by atoms with Crippen molar-refractivity contribution in [3.63, 3.8) is 0 Å². The fourth-order valence-corrected chi connectivity index (χ4v) is 5.51. The minimum atomic E-state index is -3.28. The van der Waals surface area contributed by atoms with E-state index in [0.29, 0.717) is 17.9 Å². The lowest BCUT2D eigenvalue weighted by Gasteiger charge is -2.29. The molecule has 1 saturated carbocycles. The summed E-state index contributed by atoms with van der Waals surface area (Å²) < 4.78 is 25.5. The minimum Gasteiger partial charge on any atom is -0.317 e. The molecule has 0 bridgehead atoms. The molecule has 2 rings (SSSR count). The van der Waals surface area contributed by atoms with Gasteiger partial charge in [0.15, 0.2) is 9.84 Å². The first-order valence-corrected chi connectivity index (χ1v) is 9.15. The van der Waals surface area contributed by atoms with Crippen LogP contribution < -0.4 is 0 Å². The Labute approximate surface area is 128 Å². The molecule has 0 N–H and O–H groups in total. The van der Waals surface area contributed by atoms with Crippen LogP contribution in [-0.2, 0) is 9.84 Å². The molecule has 1 aliphatic carbocycles. The second kappa shape index (κ2) is 6.62. The second-order valence-electron chi connectivity index (χ2n) is 6.05. The topological polar surface area (TPSA) is 38.5 Å². The maximum absolute atomic E-state index is 13.1. The van der Waals surface area contributed by atoms with Gasteiger partial charge in [-0.3, -0.25) is 0 Å². The molecular formula is C17H23NO2S. The van der Waals surface area contributed by atoms with E-state index in [9.17, 15) is 8.42 Å². The van der Waals surface area contributed by atoms with Gasteiger partial charge in [0, 0.05) is 6.42 Å². The molecule has 0 radical (unpaired) electrons. The van der Waals surface area contributed by atoms with Crippen LogP contribution in [0, 0.1) is 13.5 Å². The van der Waals surface area contributed by atoms with Crippen LogP contribution in [0.4, 0.5) is 0 Å². The molecule has 1 aromatic rings. The highest BCUT2D eigenvalue weighted by molar-refractivity contribution is 7.92. The summed E-state index contributed by atoms with van der Waals surface area (Å²) in [6.07, 6.45) is 5.84. The number of hydrogen-bond acceptors (Lipinski definition) is 2. The van der Waals surface area contributed by atoms with Crippen LogP contribution in [-0.4, -0.2) is 19.7 Å². The molecule has 0 aromatic heterocycles. The monoisotopic (exact) mass is 305 g/mol. The molecule has 0 amide bonds. The maximum atomic E-state index is 13.1. The molecule has 0 atom stereocenters. The van der Waals surface area contributed by atoms with E-state index in [-0.39, 0.29) is 0 Å². The van der Waals surface area contributed by atoms with E-state index in [2.05, 4.69) is 4.85 Å². The maximum Gasteiger partial charge on any atom is 0.214 e. The number of sulfone groups is 1. The number of rotatable bonds is 6. The van der Waals surface area contributed by atoms with Gasteiger partial charge in [-0.2, -0.15) is 0 Å². The van der Waals surface area contributed by atoms with E-state index in [0.717, 1.165) is 44.1 Å². The first-order chi connectivity index (χ1) is 10.0. The van der Waals surface area contributed by atoms with E-state index >= 15 is 0 Å². The van der Waals surface area contributed by atoms with Crippen molar-refractivity contribution < 1.29 is 8.42 Å². The first kappa shape index (κ1) is 16.0. The van der Waals surface area contributed by atoms with Crippen LogP contribution in [0.5, 0.6) is 0 Å². The highest BCUT2D eigenvalue weighted by atomic mass is 32.2. The molecule has 0 unspecified atom stereocenters.